The van der Waals surface area contributed by atoms with Crippen LogP contribution in [-0.2, 0) is 11.3 Å². The molecule has 0 aromatic carbocycles. The summed E-state index contributed by atoms with van der Waals surface area (Å²) in [7, 11) is 0. The van der Waals surface area contributed by atoms with Crippen molar-refractivity contribution >= 4 is 18.4 Å². The lowest BCUT2D eigenvalue weighted by atomic mass is 10.2. The molecule has 0 spiro atoms. The summed E-state index contributed by atoms with van der Waals surface area (Å²) in [5.41, 5.74) is 0. The number of esters is 1. The van der Waals surface area contributed by atoms with Crippen molar-refractivity contribution in [3.8, 4) is 0 Å². The van der Waals surface area contributed by atoms with Crippen molar-refractivity contribution in [3.05, 3.63) is 23.7 Å². The Labute approximate surface area is 119 Å². The SMILES string of the molecule is CCOC(=O)c1ccc(CN2CCNC(C)C2)o1.Cl. The smallest absolute Gasteiger partial charge is 0.374 e. The number of carbonyl (C=O) groups excluding carboxylic acids is 1. The van der Waals surface area contributed by atoms with Gasteiger partial charge in [-0.1, -0.05) is 0 Å². The van der Waals surface area contributed by atoms with Crippen LogP contribution in [0.4, 0.5) is 0 Å². The lowest BCUT2D eigenvalue weighted by molar-refractivity contribution is 0.0485. The minimum atomic E-state index is -0.391. The number of hydrogen-bond donors (Lipinski definition) is 1. The number of rotatable bonds is 4. The maximum atomic E-state index is 11.5. The van der Waals surface area contributed by atoms with Crippen LogP contribution in [0.5, 0.6) is 0 Å². The summed E-state index contributed by atoms with van der Waals surface area (Å²) in [6, 6.07) is 4.02. The number of carbonyl (C=O) groups is 1. The van der Waals surface area contributed by atoms with Crippen molar-refractivity contribution in [2.75, 3.05) is 26.2 Å². The van der Waals surface area contributed by atoms with Gasteiger partial charge in [-0.25, -0.2) is 4.79 Å². The first kappa shape index (κ1) is 16.0. The Kier molecular flexibility index (Phi) is 6.34. The number of nitrogens with zero attached hydrogens (tertiary/aromatic N) is 1. The van der Waals surface area contributed by atoms with Gasteiger partial charge in [0, 0.05) is 25.7 Å². The summed E-state index contributed by atoms with van der Waals surface area (Å²) >= 11 is 0. The monoisotopic (exact) mass is 288 g/mol. The van der Waals surface area contributed by atoms with Crippen LogP contribution in [0.15, 0.2) is 16.5 Å². The molecule has 1 saturated heterocycles. The van der Waals surface area contributed by atoms with Gasteiger partial charge in [-0.2, -0.15) is 0 Å². The minimum absolute atomic E-state index is 0. The van der Waals surface area contributed by atoms with E-state index < -0.39 is 5.97 Å². The Balaban J connectivity index is 0.00000180. The van der Waals surface area contributed by atoms with E-state index in [1.165, 1.54) is 0 Å². The third-order valence-corrected chi connectivity index (χ3v) is 2.97. The second-order valence-electron chi connectivity index (χ2n) is 4.58. The molecule has 1 atom stereocenters. The number of ether oxygens (including phenoxy) is 1. The Bertz CT molecular complexity index is 408. The molecule has 2 rings (SSSR count). The molecule has 0 bridgehead atoms. The lowest BCUT2D eigenvalue weighted by Gasteiger charge is -2.31. The largest absolute Gasteiger partial charge is 0.460 e. The van der Waals surface area contributed by atoms with Gasteiger partial charge in [0.15, 0.2) is 0 Å². The summed E-state index contributed by atoms with van der Waals surface area (Å²) in [4.78, 5) is 13.8. The summed E-state index contributed by atoms with van der Waals surface area (Å²) in [6.07, 6.45) is 0. The van der Waals surface area contributed by atoms with Gasteiger partial charge >= 0.3 is 5.97 Å². The fraction of sp³-hybridized carbons (Fsp3) is 0.615. The number of halogens is 1. The molecule has 6 heteroatoms. The van der Waals surface area contributed by atoms with Crippen molar-refractivity contribution < 1.29 is 13.9 Å². The maximum absolute atomic E-state index is 11.5. The second kappa shape index (κ2) is 7.53. The normalized spacial score (nSPS) is 19.8. The molecule has 0 radical (unpaired) electrons. The van der Waals surface area contributed by atoms with Crippen LogP contribution < -0.4 is 5.32 Å². The first-order valence-corrected chi connectivity index (χ1v) is 6.40. The van der Waals surface area contributed by atoms with Crippen LogP contribution in [0, 0.1) is 0 Å². The minimum Gasteiger partial charge on any atom is -0.460 e. The number of furan rings is 1. The molecule has 0 aliphatic carbocycles. The molecule has 0 amide bonds. The van der Waals surface area contributed by atoms with Crippen molar-refractivity contribution in [2.24, 2.45) is 0 Å². The van der Waals surface area contributed by atoms with E-state index in [-0.39, 0.29) is 18.2 Å². The Morgan fingerprint density at radius 2 is 2.37 bits per heavy atom. The highest BCUT2D eigenvalue weighted by Gasteiger charge is 2.18. The first-order chi connectivity index (χ1) is 8.69. The van der Waals surface area contributed by atoms with Crippen molar-refractivity contribution in [1.82, 2.24) is 10.2 Å². The van der Waals surface area contributed by atoms with Gasteiger partial charge in [0.2, 0.25) is 5.76 Å². The molecule has 19 heavy (non-hydrogen) atoms. The highest BCUT2D eigenvalue weighted by atomic mass is 35.5. The van der Waals surface area contributed by atoms with Crippen LogP contribution in [0.25, 0.3) is 0 Å². The van der Waals surface area contributed by atoms with E-state index in [4.69, 9.17) is 9.15 Å². The van der Waals surface area contributed by atoms with Gasteiger partial charge in [0.25, 0.3) is 0 Å². The van der Waals surface area contributed by atoms with E-state index in [0.717, 1.165) is 31.9 Å². The molecule has 0 saturated carbocycles. The average molecular weight is 289 g/mol. The van der Waals surface area contributed by atoms with Crippen LogP contribution in [-0.4, -0.2) is 43.2 Å². The van der Waals surface area contributed by atoms with E-state index >= 15 is 0 Å². The van der Waals surface area contributed by atoms with Crippen molar-refractivity contribution in [2.45, 2.75) is 26.4 Å². The topological polar surface area (TPSA) is 54.7 Å². The zero-order valence-electron chi connectivity index (χ0n) is 11.3. The van der Waals surface area contributed by atoms with E-state index in [9.17, 15) is 4.79 Å². The number of hydrogen-bond acceptors (Lipinski definition) is 5. The molecular formula is C13H21ClN2O3. The van der Waals surface area contributed by atoms with Gasteiger partial charge < -0.3 is 14.5 Å². The molecule has 108 valence electrons. The Hall–Kier alpha value is -1.04. The quantitative estimate of drug-likeness (QED) is 0.854. The molecule has 5 nitrogen and oxygen atoms in total. The number of piperazine rings is 1. The molecular weight excluding hydrogens is 268 g/mol. The van der Waals surface area contributed by atoms with Gasteiger partial charge in [0.1, 0.15) is 5.76 Å². The highest BCUT2D eigenvalue weighted by molar-refractivity contribution is 5.86. The predicted octanol–water partition coefficient (Wildman–Crippen LogP) is 1.67. The standard InChI is InChI=1S/C13H20N2O3.ClH/c1-3-17-13(16)12-5-4-11(18-12)9-15-7-6-14-10(2)8-15;/h4-5,10,14H,3,6-9H2,1-2H3;1H. The van der Waals surface area contributed by atoms with E-state index in [2.05, 4.69) is 17.1 Å². The van der Waals surface area contributed by atoms with Gasteiger partial charge in [-0.15, -0.1) is 12.4 Å². The predicted molar refractivity (Wildman–Crippen MR) is 74.7 cm³/mol. The summed E-state index contributed by atoms with van der Waals surface area (Å²) in [5.74, 6) is 0.708. The van der Waals surface area contributed by atoms with E-state index in [1.54, 1.807) is 13.0 Å². The zero-order chi connectivity index (χ0) is 13.0. The van der Waals surface area contributed by atoms with Crippen LogP contribution in [0.1, 0.15) is 30.2 Å². The van der Waals surface area contributed by atoms with Gasteiger partial charge in [0.05, 0.1) is 13.2 Å². The highest BCUT2D eigenvalue weighted by Crippen LogP contribution is 2.13. The van der Waals surface area contributed by atoms with Gasteiger partial charge in [-0.05, 0) is 26.0 Å². The van der Waals surface area contributed by atoms with E-state index in [1.807, 2.05) is 6.07 Å². The average Bonchev–Trinajstić information content (AvgIpc) is 2.78. The summed E-state index contributed by atoms with van der Waals surface area (Å²) in [6.45, 7) is 8.04. The molecule has 1 fully saturated rings. The van der Waals surface area contributed by atoms with Gasteiger partial charge in [-0.3, -0.25) is 4.90 Å². The molecule has 2 heterocycles. The fourth-order valence-corrected chi connectivity index (χ4v) is 2.15. The van der Waals surface area contributed by atoms with Crippen LogP contribution in [0.3, 0.4) is 0 Å². The second-order valence-corrected chi connectivity index (χ2v) is 4.58. The lowest BCUT2D eigenvalue weighted by Crippen LogP contribution is -2.48. The van der Waals surface area contributed by atoms with Crippen LogP contribution in [0.2, 0.25) is 0 Å². The maximum Gasteiger partial charge on any atom is 0.374 e. The van der Waals surface area contributed by atoms with Crippen molar-refractivity contribution in [3.63, 3.8) is 0 Å². The fourth-order valence-electron chi connectivity index (χ4n) is 2.15. The van der Waals surface area contributed by atoms with E-state index in [0.29, 0.717) is 12.6 Å². The molecule has 1 N–H and O–H groups in total. The third-order valence-electron chi connectivity index (χ3n) is 2.97. The Morgan fingerprint density at radius 3 is 3.05 bits per heavy atom. The Morgan fingerprint density at radius 1 is 1.58 bits per heavy atom. The van der Waals surface area contributed by atoms with Crippen molar-refractivity contribution in [1.29, 1.82) is 0 Å². The van der Waals surface area contributed by atoms with Crippen LogP contribution >= 0.6 is 12.4 Å². The molecule has 1 aliphatic heterocycles. The summed E-state index contributed by atoms with van der Waals surface area (Å²) in [5, 5.41) is 3.39. The molecule has 1 aromatic rings. The summed E-state index contributed by atoms with van der Waals surface area (Å²) < 4.78 is 10.4. The third kappa shape index (κ3) is 4.53. The molecule has 1 aliphatic rings. The molecule has 1 aromatic heterocycles. The zero-order valence-corrected chi connectivity index (χ0v) is 12.2. The number of nitrogens with one attached hydrogen (secondary N) is 1. The molecule has 1 unspecified atom stereocenters. The first-order valence-electron chi connectivity index (χ1n) is 6.40.